The van der Waals surface area contributed by atoms with E-state index in [1.54, 1.807) is 23.5 Å². The summed E-state index contributed by atoms with van der Waals surface area (Å²) in [5.41, 5.74) is 1.10. The second kappa shape index (κ2) is 6.73. The minimum absolute atomic E-state index is 0.122. The average Bonchev–Trinajstić information content (AvgIpc) is 2.85. The highest BCUT2D eigenvalue weighted by Gasteiger charge is 2.16. The Balaban J connectivity index is 2.32. The van der Waals surface area contributed by atoms with Crippen molar-refractivity contribution >= 4 is 21.2 Å². The van der Waals surface area contributed by atoms with E-state index in [9.17, 15) is 8.42 Å². The van der Waals surface area contributed by atoms with Gasteiger partial charge in [0, 0.05) is 16.0 Å². The van der Waals surface area contributed by atoms with Gasteiger partial charge in [0.1, 0.15) is 0 Å². The van der Waals surface area contributed by atoms with E-state index in [1.807, 2.05) is 12.1 Å². The monoisotopic (exact) mass is 323 g/mol. The second-order valence-corrected chi connectivity index (χ2v) is 8.51. The molecule has 0 saturated heterocycles. The number of hydrogen-bond donors (Lipinski definition) is 1. The van der Waals surface area contributed by atoms with E-state index in [0.717, 1.165) is 18.5 Å². The zero-order chi connectivity index (χ0) is 15.5. The summed E-state index contributed by atoms with van der Waals surface area (Å²) in [6.45, 7) is 5.16. The molecule has 0 aliphatic carbocycles. The van der Waals surface area contributed by atoms with Crippen molar-refractivity contribution in [1.29, 1.82) is 0 Å². The van der Waals surface area contributed by atoms with Crippen LogP contribution in [0.5, 0.6) is 0 Å². The van der Waals surface area contributed by atoms with E-state index >= 15 is 0 Å². The quantitative estimate of drug-likeness (QED) is 0.884. The van der Waals surface area contributed by atoms with E-state index in [0.29, 0.717) is 4.90 Å². The maximum absolute atomic E-state index is 11.5. The van der Waals surface area contributed by atoms with E-state index in [2.05, 4.69) is 31.3 Å². The average molecular weight is 323 g/mol. The van der Waals surface area contributed by atoms with Crippen molar-refractivity contribution in [3.8, 4) is 0 Å². The van der Waals surface area contributed by atoms with Crippen molar-refractivity contribution in [2.24, 2.45) is 0 Å². The van der Waals surface area contributed by atoms with Crippen molar-refractivity contribution in [1.82, 2.24) is 5.32 Å². The van der Waals surface area contributed by atoms with Crippen molar-refractivity contribution in [2.45, 2.75) is 31.2 Å². The predicted octanol–water partition coefficient (Wildman–Crippen LogP) is 3.55. The van der Waals surface area contributed by atoms with Gasteiger partial charge >= 0.3 is 0 Å². The van der Waals surface area contributed by atoms with Crippen LogP contribution in [0.2, 0.25) is 0 Å². The summed E-state index contributed by atoms with van der Waals surface area (Å²) >= 11 is 1.77. The molecule has 2 aromatic rings. The highest BCUT2D eigenvalue weighted by Crippen LogP contribution is 2.29. The fourth-order valence-electron chi connectivity index (χ4n) is 2.19. The zero-order valence-corrected chi connectivity index (χ0v) is 14.2. The topological polar surface area (TPSA) is 46.2 Å². The second-order valence-electron chi connectivity index (χ2n) is 5.18. The van der Waals surface area contributed by atoms with E-state index in [1.165, 1.54) is 16.0 Å². The normalized spacial score (nSPS) is 13.3. The van der Waals surface area contributed by atoms with Crippen LogP contribution in [-0.2, 0) is 9.84 Å². The molecule has 21 heavy (non-hydrogen) atoms. The number of hydrogen-bond acceptors (Lipinski definition) is 4. The lowest BCUT2D eigenvalue weighted by Crippen LogP contribution is -2.22. The van der Waals surface area contributed by atoms with Crippen molar-refractivity contribution in [2.75, 3.05) is 12.8 Å². The molecule has 0 aliphatic rings. The standard InChI is InChI=1S/C16H21NO2S2/c1-4-11-17-16(15-10-5-12(2)20-15)13-6-8-14(9-7-13)21(3,18)19/h5-10,16-17H,4,11H2,1-3H3. The Hall–Kier alpha value is -1.17. The first-order valence-corrected chi connectivity index (χ1v) is 9.72. The van der Waals surface area contributed by atoms with Crippen molar-refractivity contribution < 1.29 is 8.42 Å². The van der Waals surface area contributed by atoms with Crippen molar-refractivity contribution in [3.63, 3.8) is 0 Å². The van der Waals surface area contributed by atoms with Gasteiger partial charge in [-0.1, -0.05) is 19.1 Å². The molecule has 1 aromatic heterocycles. The highest BCUT2D eigenvalue weighted by molar-refractivity contribution is 7.90. The molecule has 0 amide bonds. The molecule has 1 aromatic carbocycles. The molecule has 0 bridgehead atoms. The fourth-order valence-corrected chi connectivity index (χ4v) is 3.80. The van der Waals surface area contributed by atoms with Gasteiger partial charge in [-0.3, -0.25) is 0 Å². The Kier molecular flexibility index (Phi) is 5.19. The minimum Gasteiger partial charge on any atom is -0.306 e. The Labute approximate surface area is 130 Å². The van der Waals surface area contributed by atoms with Gasteiger partial charge in [0.25, 0.3) is 0 Å². The molecular weight excluding hydrogens is 302 g/mol. The first-order chi connectivity index (χ1) is 9.91. The molecule has 0 radical (unpaired) electrons. The van der Waals surface area contributed by atoms with Gasteiger partial charge in [-0.25, -0.2) is 8.42 Å². The minimum atomic E-state index is -3.14. The van der Waals surface area contributed by atoms with Gasteiger partial charge in [-0.05, 0) is 49.7 Å². The molecule has 0 fully saturated rings. The summed E-state index contributed by atoms with van der Waals surface area (Å²) in [5.74, 6) is 0. The number of rotatable bonds is 6. The van der Waals surface area contributed by atoms with Crippen molar-refractivity contribution in [3.05, 3.63) is 51.7 Å². The van der Waals surface area contributed by atoms with Crippen LogP contribution in [0.15, 0.2) is 41.3 Å². The maximum Gasteiger partial charge on any atom is 0.175 e. The first kappa shape index (κ1) is 16.2. The number of sulfone groups is 1. The lowest BCUT2D eigenvalue weighted by Gasteiger charge is -2.18. The van der Waals surface area contributed by atoms with Gasteiger partial charge in [-0.2, -0.15) is 0 Å². The Bertz CT molecular complexity index is 687. The molecule has 5 heteroatoms. The van der Waals surface area contributed by atoms with Gasteiger partial charge in [-0.15, -0.1) is 11.3 Å². The maximum atomic E-state index is 11.5. The fraction of sp³-hybridized carbons (Fsp3) is 0.375. The van der Waals surface area contributed by atoms with Crippen LogP contribution < -0.4 is 5.32 Å². The Morgan fingerprint density at radius 3 is 2.29 bits per heavy atom. The van der Waals surface area contributed by atoms with Gasteiger partial charge in [0.2, 0.25) is 0 Å². The molecule has 0 saturated carbocycles. The molecule has 114 valence electrons. The van der Waals surface area contributed by atoms with Crippen LogP contribution in [0.1, 0.15) is 34.7 Å². The summed E-state index contributed by atoms with van der Waals surface area (Å²) in [7, 11) is -3.14. The predicted molar refractivity (Wildman–Crippen MR) is 88.7 cm³/mol. The SMILES string of the molecule is CCCNC(c1ccc(S(C)(=O)=O)cc1)c1ccc(C)s1. The van der Waals surface area contributed by atoms with Gasteiger partial charge in [0.05, 0.1) is 10.9 Å². The smallest absolute Gasteiger partial charge is 0.175 e. The number of nitrogens with one attached hydrogen (secondary N) is 1. The van der Waals surface area contributed by atoms with E-state index in [-0.39, 0.29) is 6.04 Å². The third-order valence-electron chi connectivity index (χ3n) is 3.29. The summed E-state index contributed by atoms with van der Waals surface area (Å²) in [6.07, 6.45) is 2.29. The van der Waals surface area contributed by atoms with Crippen LogP contribution in [-0.4, -0.2) is 21.2 Å². The third-order valence-corrected chi connectivity index (χ3v) is 5.48. The molecule has 2 rings (SSSR count). The highest BCUT2D eigenvalue weighted by atomic mass is 32.2. The first-order valence-electron chi connectivity index (χ1n) is 7.01. The van der Waals surface area contributed by atoms with E-state index in [4.69, 9.17) is 0 Å². The van der Waals surface area contributed by atoms with Gasteiger partial charge in [0.15, 0.2) is 9.84 Å². The summed E-state index contributed by atoms with van der Waals surface area (Å²) < 4.78 is 23.1. The zero-order valence-electron chi connectivity index (χ0n) is 12.6. The molecule has 1 unspecified atom stereocenters. The summed E-state index contributed by atoms with van der Waals surface area (Å²) in [4.78, 5) is 2.90. The lowest BCUT2D eigenvalue weighted by atomic mass is 10.1. The molecule has 1 atom stereocenters. The molecule has 0 spiro atoms. The molecule has 3 nitrogen and oxygen atoms in total. The largest absolute Gasteiger partial charge is 0.306 e. The van der Waals surface area contributed by atoms with Crippen LogP contribution >= 0.6 is 11.3 Å². The van der Waals surface area contributed by atoms with E-state index < -0.39 is 9.84 Å². The van der Waals surface area contributed by atoms with Crippen LogP contribution in [0.3, 0.4) is 0 Å². The lowest BCUT2D eigenvalue weighted by molar-refractivity contribution is 0.599. The molecular formula is C16H21NO2S2. The molecule has 0 aliphatic heterocycles. The Morgan fingerprint density at radius 1 is 1.14 bits per heavy atom. The number of thiophene rings is 1. The summed E-state index contributed by atoms with van der Waals surface area (Å²) in [5, 5.41) is 3.53. The molecule has 1 heterocycles. The number of benzene rings is 1. The van der Waals surface area contributed by atoms with Crippen LogP contribution in [0.4, 0.5) is 0 Å². The van der Waals surface area contributed by atoms with Crippen LogP contribution in [0.25, 0.3) is 0 Å². The van der Waals surface area contributed by atoms with Crippen LogP contribution in [0, 0.1) is 6.92 Å². The number of aryl methyl sites for hydroxylation is 1. The van der Waals surface area contributed by atoms with Gasteiger partial charge < -0.3 is 5.32 Å². The Morgan fingerprint density at radius 2 is 1.81 bits per heavy atom. The third kappa shape index (κ3) is 4.15. The summed E-state index contributed by atoms with van der Waals surface area (Å²) in [6, 6.07) is 11.6. The molecule has 1 N–H and O–H groups in total.